The molecule has 18 heavy (non-hydrogen) atoms. The minimum atomic E-state index is -0.481. The SMILES string of the molecule is CC1CCCCC1NC(=O)c1ccc(Br)cc1F. The van der Waals surface area contributed by atoms with Crippen molar-refractivity contribution < 1.29 is 9.18 Å². The van der Waals surface area contributed by atoms with Crippen LogP contribution in [0.2, 0.25) is 0 Å². The van der Waals surface area contributed by atoms with E-state index in [9.17, 15) is 9.18 Å². The summed E-state index contributed by atoms with van der Waals surface area (Å²) in [5, 5.41) is 2.95. The predicted molar refractivity (Wildman–Crippen MR) is 73.0 cm³/mol. The Morgan fingerprint density at radius 2 is 2.11 bits per heavy atom. The van der Waals surface area contributed by atoms with Crippen LogP contribution in [0.1, 0.15) is 43.0 Å². The minimum Gasteiger partial charge on any atom is -0.349 e. The van der Waals surface area contributed by atoms with Crippen LogP contribution in [0.25, 0.3) is 0 Å². The summed E-state index contributed by atoms with van der Waals surface area (Å²) in [5.74, 6) is -0.315. The third kappa shape index (κ3) is 3.10. The van der Waals surface area contributed by atoms with Crippen molar-refractivity contribution in [1.82, 2.24) is 5.32 Å². The van der Waals surface area contributed by atoms with Crippen molar-refractivity contribution in [2.75, 3.05) is 0 Å². The zero-order chi connectivity index (χ0) is 13.1. The number of carbonyl (C=O) groups is 1. The van der Waals surface area contributed by atoms with E-state index in [1.807, 2.05) is 0 Å². The van der Waals surface area contributed by atoms with Crippen LogP contribution in [0.5, 0.6) is 0 Å². The van der Waals surface area contributed by atoms with Crippen molar-refractivity contribution in [1.29, 1.82) is 0 Å². The van der Waals surface area contributed by atoms with Crippen LogP contribution in [-0.4, -0.2) is 11.9 Å². The van der Waals surface area contributed by atoms with E-state index in [0.717, 1.165) is 19.3 Å². The molecule has 1 saturated carbocycles. The summed E-state index contributed by atoms with van der Waals surface area (Å²) in [4.78, 5) is 12.0. The van der Waals surface area contributed by atoms with E-state index in [0.29, 0.717) is 10.4 Å². The highest BCUT2D eigenvalue weighted by atomic mass is 79.9. The minimum absolute atomic E-state index is 0.121. The highest BCUT2D eigenvalue weighted by Crippen LogP contribution is 2.24. The molecular weight excluding hydrogens is 297 g/mol. The van der Waals surface area contributed by atoms with Crippen LogP contribution < -0.4 is 5.32 Å². The molecule has 1 aliphatic carbocycles. The lowest BCUT2D eigenvalue weighted by Crippen LogP contribution is -2.41. The molecule has 1 aliphatic rings. The van der Waals surface area contributed by atoms with Crippen LogP contribution in [-0.2, 0) is 0 Å². The van der Waals surface area contributed by atoms with Gasteiger partial charge in [-0.3, -0.25) is 4.79 Å². The molecule has 0 saturated heterocycles. The average Bonchev–Trinajstić information content (AvgIpc) is 2.32. The summed E-state index contributed by atoms with van der Waals surface area (Å²) < 4.78 is 14.3. The van der Waals surface area contributed by atoms with Gasteiger partial charge in [0, 0.05) is 10.5 Å². The first kappa shape index (κ1) is 13.5. The first-order valence-electron chi connectivity index (χ1n) is 6.34. The lowest BCUT2D eigenvalue weighted by molar-refractivity contribution is 0.0906. The zero-order valence-electron chi connectivity index (χ0n) is 10.4. The Morgan fingerprint density at radius 3 is 2.78 bits per heavy atom. The van der Waals surface area contributed by atoms with Crippen molar-refractivity contribution in [3.8, 4) is 0 Å². The third-order valence-corrected chi connectivity index (χ3v) is 4.10. The molecule has 98 valence electrons. The first-order chi connectivity index (χ1) is 8.58. The molecule has 1 fully saturated rings. The zero-order valence-corrected chi connectivity index (χ0v) is 12.0. The molecule has 0 aromatic heterocycles. The number of hydrogen-bond donors (Lipinski definition) is 1. The van der Waals surface area contributed by atoms with Gasteiger partial charge in [-0.15, -0.1) is 0 Å². The Morgan fingerprint density at radius 1 is 1.39 bits per heavy atom. The Kier molecular flexibility index (Phi) is 4.38. The number of carbonyl (C=O) groups excluding carboxylic acids is 1. The predicted octanol–water partition coefficient (Wildman–Crippen LogP) is 3.90. The number of hydrogen-bond acceptors (Lipinski definition) is 1. The van der Waals surface area contributed by atoms with Crippen LogP contribution in [0.15, 0.2) is 22.7 Å². The van der Waals surface area contributed by atoms with Crippen LogP contribution in [0, 0.1) is 11.7 Å². The summed E-state index contributed by atoms with van der Waals surface area (Å²) in [7, 11) is 0. The van der Waals surface area contributed by atoms with E-state index in [1.165, 1.54) is 18.6 Å². The Bertz CT molecular complexity index is 449. The molecule has 1 aromatic rings. The monoisotopic (exact) mass is 313 g/mol. The fourth-order valence-electron chi connectivity index (χ4n) is 2.45. The maximum atomic E-state index is 13.7. The molecule has 1 aromatic carbocycles. The van der Waals surface area contributed by atoms with Gasteiger partial charge in [0.05, 0.1) is 5.56 Å². The molecule has 2 nitrogen and oxygen atoms in total. The second-order valence-corrected chi connectivity index (χ2v) is 5.88. The number of benzene rings is 1. The molecule has 1 N–H and O–H groups in total. The van der Waals surface area contributed by atoms with Gasteiger partial charge >= 0.3 is 0 Å². The molecule has 1 amide bonds. The lowest BCUT2D eigenvalue weighted by Gasteiger charge is -2.29. The maximum absolute atomic E-state index is 13.7. The van der Waals surface area contributed by atoms with Crippen molar-refractivity contribution >= 4 is 21.8 Å². The number of halogens is 2. The molecule has 2 atom stereocenters. The van der Waals surface area contributed by atoms with Gasteiger partial charge < -0.3 is 5.32 Å². The Labute approximate surface area is 115 Å². The van der Waals surface area contributed by atoms with Gasteiger partial charge in [0.15, 0.2) is 0 Å². The van der Waals surface area contributed by atoms with Gasteiger partial charge in [0.1, 0.15) is 5.82 Å². The van der Waals surface area contributed by atoms with Crippen molar-refractivity contribution in [3.05, 3.63) is 34.1 Å². The molecule has 0 spiro atoms. The normalized spacial score (nSPS) is 23.7. The Balaban J connectivity index is 2.07. The molecule has 0 bridgehead atoms. The quantitative estimate of drug-likeness (QED) is 0.881. The van der Waals surface area contributed by atoms with E-state index in [2.05, 4.69) is 28.2 Å². The first-order valence-corrected chi connectivity index (χ1v) is 7.13. The molecule has 4 heteroatoms. The smallest absolute Gasteiger partial charge is 0.254 e. The van der Waals surface area contributed by atoms with Crippen molar-refractivity contribution in [2.24, 2.45) is 5.92 Å². The van der Waals surface area contributed by atoms with Gasteiger partial charge in [0.2, 0.25) is 0 Å². The van der Waals surface area contributed by atoms with E-state index in [4.69, 9.17) is 0 Å². The van der Waals surface area contributed by atoms with Crippen molar-refractivity contribution in [3.63, 3.8) is 0 Å². The van der Waals surface area contributed by atoms with Gasteiger partial charge in [-0.25, -0.2) is 4.39 Å². The topological polar surface area (TPSA) is 29.1 Å². The maximum Gasteiger partial charge on any atom is 0.254 e. The molecule has 0 heterocycles. The third-order valence-electron chi connectivity index (χ3n) is 3.60. The highest BCUT2D eigenvalue weighted by Gasteiger charge is 2.24. The average molecular weight is 314 g/mol. The molecular formula is C14H17BrFNO. The van der Waals surface area contributed by atoms with Gasteiger partial charge in [-0.2, -0.15) is 0 Å². The van der Waals surface area contributed by atoms with Crippen LogP contribution in [0.3, 0.4) is 0 Å². The fraction of sp³-hybridized carbons (Fsp3) is 0.500. The number of rotatable bonds is 2. The van der Waals surface area contributed by atoms with E-state index >= 15 is 0 Å². The summed E-state index contributed by atoms with van der Waals surface area (Å²) >= 11 is 3.18. The second-order valence-electron chi connectivity index (χ2n) is 4.97. The highest BCUT2D eigenvalue weighted by molar-refractivity contribution is 9.10. The Hall–Kier alpha value is -0.900. The van der Waals surface area contributed by atoms with E-state index < -0.39 is 5.82 Å². The summed E-state index contributed by atoms with van der Waals surface area (Å²) in [6.45, 7) is 2.14. The standard InChI is InChI=1S/C14H17BrFNO/c1-9-4-2-3-5-13(9)17-14(18)11-7-6-10(15)8-12(11)16/h6-9,13H,2-5H2,1H3,(H,17,18). The van der Waals surface area contributed by atoms with Crippen LogP contribution >= 0.6 is 15.9 Å². The molecule has 2 unspecified atom stereocenters. The van der Waals surface area contributed by atoms with Gasteiger partial charge in [0.25, 0.3) is 5.91 Å². The molecule has 0 radical (unpaired) electrons. The number of nitrogens with one attached hydrogen (secondary N) is 1. The summed E-state index contributed by atoms with van der Waals surface area (Å²) in [6, 6.07) is 4.69. The second kappa shape index (κ2) is 5.83. The summed E-state index contributed by atoms with van der Waals surface area (Å²) in [6.07, 6.45) is 4.48. The molecule has 2 rings (SSSR count). The van der Waals surface area contributed by atoms with Gasteiger partial charge in [-0.1, -0.05) is 35.7 Å². The van der Waals surface area contributed by atoms with E-state index in [1.54, 1.807) is 6.07 Å². The lowest BCUT2D eigenvalue weighted by atomic mass is 9.86. The fourth-order valence-corrected chi connectivity index (χ4v) is 2.78. The molecule has 0 aliphatic heterocycles. The largest absolute Gasteiger partial charge is 0.349 e. The van der Waals surface area contributed by atoms with Gasteiger partial charge in [-0.05, 0) is 37.0 Å². The van der Waals surface area contributed by atoms with Crippen molar-refractivity contribution in [2.45, 2.75) is 38.6 Å². The van der Waals surface area contributed by atoms with Crippen LogP contribution in [0.4, 0.5) is 4.39 Å². The van der Waals surface area contributed by atoms with E-state index in [-0.39, 0.29) is 17.5 Å². The number of amides is 1. The summed E-state index contributed by atoms with van der Waals surface area (Å²) in [5.41, 5.74) is 0.121.